The van der Waals surface area contributed by atoms with Crippen molar-refractivity contribution in [2.24, 2.45) is 5.92 Å². The van der Waals surface area contributed by atoms with E-state index < -0.39 is 0 Å². The molecule has 6 nitrogen and oxygen atoms in total. The van der Waals surface area contributed by atoms with Crippen LogP contribution in [-0.2, 0) is 11.4 Å². The fourth-order valence-electron chi connectivity index (χ4n) is 2.17. The molecule has 0 radical (unpaired) electrons. The first-order valence-corrected chi connectivity index (χ1v) is 6.13. The van der Waals surface area contributed by atoms with Crippen LogP contribution in [0.1, 0.15) is 18.4 Å². The van der Waals surface area contributed by atoms with Crippen molar-refractivity contribution in [3.05, 3.63) is 18.0 Å². The lowest BCUT2D eigenvalue weighted by molar-refractivity contribution is -0.124. The van der Waals surface area contributed by atoms with Crippen LogP contribution in [-0.4, -0.2) is 41.1 Å². The molecule has 1 fully saturated rings. The predicted octanol–water partition coefficient (Wildman–Crippen LogP) is -0.0687. The van der Waals surface area contributed by atoms with Crippen molar-refractivity contribution in [1.82, 2.24) is 15.3 Å². The second-order valence-electron chi connectivity index (χ2n) is 4.45. The molecular weight excluding hydrogens is 232 g/mol. The lowest BCUT2D eigenvalue weighted by atomic mass is 9.97. The number of aliphatic hydroxyl groups is 1. The first-order valence-electron chi connectivity index (χ1n) is 6.13. The standard InChI is InChI=1S/C12H18N4O2/c1-13-11(18)10-3-2-4-16(7-10)12-14-5-9(8-17)6-15-12/h5-6,10,17H,2-4,7-8H2,1H3,(H,13,18). The van der Waals surface area contributed by atoms with E-state index in [4.69, 9.17) is 5.11 Å². The zero-order chi connectivity index (χ0) is 13.0. The summed E-state index contributed by atoms with van der Waals surface area (Å²) in [4.78, 5) is 22.1. The number of aliphatic hydroxyl groups excluding tert-OH is 1. The first kappa shape index (κ1) is 12.8. The molecule has 2 heterocycles. The SMILES string of the molecule is CNC(=O)C1CCCN(c2ncc(CO)cn2)C1. The summed E-state index contributed by atoms with van der Waals surface area (Å²) in [5.41, 5.74) is 0.693. The van der Waals surface area contributed by atoms with Gasteiger partial charge in [0, 0.05) is 38.1 Å². The number of amides is 1. The van der Waals surface area contributed by atoms with Gasteiger partial charge >= 0.3 is 0 Å². The van der Waals surface area contributed by atoms with Crippen LogP contribution in [0, 0.1) is 5.92 Å². The monoisotopic (exact) mass is 250 g/mol. The molecule has 1 unspecified atom stereocenters. The molecule has 18 heavy (non-hydrogen) atoms. The molecule has 1 saturated heterocycles. The Bertz CT molecular complexity index is 407. The van der Waals surface area contributed by atoms with Gasteiger partial charge < -0.3 is 15.3 Å². The van der Waals surface area contributed by atoms with Gasteiger partial charge in [-0.2, -0.15) is 0 Å². The van der Waals surface area contributed by atoms with E-state index in [2.05, 4.69) is 15.3 Å². The van der Waals surface area contributed by atoms with Crippen LogP contribution >= 0.6 is 0 Å². The van der Waals surface area contributed by atoms with Crippen molar-refractivity contribution >= 4 is 11.9 Å². The Morgan fingerprint density at radius 1 is 1.56 bits per heavy atom. The zero-order valence-corrected chi connectivity index (χ0v) is 10.5. The summed E-state index contributed by atoms with van der Waals surface area (Å²) in [6.07, 6.45) is 5.10. The lowest BCUT2D eigenvalue weighted by Gasteiger charge is -2.31. The van der Waals surface area contributed by atoms with E-state index in [1.807, 2.05) is 4.90 Å². The smallest absolute Gasteiger partial charge is 0.225 e. The Morgan fingerprint density at radius 3 is 2.89 bits per heavy atom. The quantitative estimate of drug-likeness (QED) is 0.785. The van der Waals surface area contributed by atoms with Gasteiger partial charge in [0.05, 0.1) is 12.5 Å². The first-order chi connectivity index (χ1) is 8.74. The lowest BCUT2D eigenvalue weighted by Crippen LogP contribution is -2.42. The molecule has 0 aliphatic carbocycles. The molecule has 98 valence electrons. The number of rotatable bonds is 3. The maximum absolute atomic E-state index is 11.6. The third-order valence-corrected chi connectivity index (χ3v) is 3.20. The number of nitrogens with one attached hydrogen (secondary N) is 1. The number of anilines is 1. The van der Waals surface area contributed by atoms with E-state index in [1.54, 1.807) is 19.4 Å². The van der Waals surface area contributed by atoms with Crippen LogP contribution in [0.5, 0.6) is 0 Å². The molecule has 2 rings (SSSR count). The van der Waals surface area contributed by atoms with E-state index in [9.17, 15) is 4.79 Å². The van der Waals surface area contributed by atoms with Gasteiger partial charge in [-0.15, -0.1) is 0 Å². The number of hydrogen-bond donors (Lipinski definition) is 2. The Labute approximate surface area is 106 Å². The average molecular weight is 250 g/mol. The van der Waals surface area contributed by atoms with Gasteiger partial charge in [0.2, 0.25) is 11.9 Å². The second kappa shape index (κ2) is 5.77. The molecule has 0 aromatic carbocycles. The summed E-state index contributed by atoms with van der Waals surface area (Å²) >= 11 is 0. The summed E-state index contributed by atoms with van der Waals surface area (Å²) in [5, 5.41) is 11.6. The van der Waals surface area contributed by atoms with Crippen LogP contribution in [0.15, 0.2) is 12.4 Å². The maximum Gasteiger partial charge on any atom is 0.225 e. The van der Waals surface area contributed by atoms with Crippen LogP contribution < -0.4 is 10.2 Å². The molecule has 0 saturated carbocycles. The summed E-state index contributed by atoms with van der Waals surface area (Å²) < 4.78 is 0. The van der Waals surface area contributed by atoms with Crippen LogP contribution in [0.2, 0.25) is 0 Å². The fourth-order valence-corrected chi connectivity index (χ4v) is 2.17. The van der Waals surface area contributed by atoms with Crippen molar-refractivity contribution in [3.63, 3.8) is 0 Å². The third kappa shape index (κ3) is 2.76. The van der Waals surface area contributed by atoms with Crippen molar-refractivity contribution in [2.45, 2.75) is 19.4 Å². The second-order valence-corrected chi connectivity index (χ2v) is 4.45. The molecule has 1 amide bonds. The fraction of sp³-hybridized carbons (Fsp3) is 0.583. The normalized spacial score (nSPS) is 19.7. The van der Waals surface area contributed by atoms with E-state index in [0.29, 0.717) is 18.1 Å². The number of nitrogens with zero attached hydrogens (tertiary/aromatic N) is 3. The Balaban J connectivity index is 2.05. The molecule has 0 spiro atoms. The Morgan fingerprint density at radius 2 is 2.28 bits per heavy atom. The summed E-state index contributed by atoms with van der Waals surface area (Å²) in [6, 6.07) is 0. The van der Waals surface area contributed by atoms with E-state index in [-0.39, 0.29) is 18.4 Å². The maximum atomic E-state index is 11.6. The van der Waals surface area contributed by atoms with Gasteiger partial charge in [-0.1, -0.05) is 0 Å². The van der Waals surface area contributed by atoms with Crippen molar-refractivity contribution < 1.29 is 9.90 Å². The minimum Gasteiger partial charge on any atom is -0.392 e. The van der Waals surface area contributed by atoms with Gasteiger partial charge in [0.25, 0.3) is 0 Å². The average Bonchev–Trinajstić information content (AvgIpc) is 2.46. The molecule has 0 bridgehead atoms. The Hall–Kier alpha value is -1.69. The van der Waals surface area contributed by atoms with Crippen LogP contribution in [0.4, 0.5) is 5.95 Å². The number of piperidine rings is 1. The van der Waals surface area contributed by atoms with E-state index in [1.165, 1.54) is 0 Å². The molecule has 1 aromatic heterocycles. The topological polar surface area (TPSA) is 78.4 Å². The van der Waals surface area contributed by atoms with Crippen LogP contribution in [0.3, 0.4) is 0 Å². The minimum atomic E-state index is -0.0544. The number of carbonyl (C=O) groups excluding carboxylic acids is 1. The Kier molecular flexibility index (Phi) is 4.09. The molecule has 1 aliphatic heterocycles. The summed E-state index contributed by atoms with van der Waals surface area (Å²) in [6.45, 7) is 1.46. The van der Waals surface area contributed by atoms with Gasteiger partial charge in [-0.25, -0.2) is 9.97 Å². The van der Waals surface area contributed by atoms with Gasteiger partial charge in [-0.3, -0.25) is 4.79 Å². The molecular formula is C12H18N4O2. The van der Waals surface area contributed by atoms with E-state index >= 15 is 0 Å². The van der Waals surface area contributed by atoms with Gasteiger partial charge in [-0.05, 0) is 12.8 Å². The predicted molar refractivity (Wildman–Crippen MR) is 67.0 cm³/mol. The van der Waals surface area contributed by atoms with Crippen molar-refractivity contribution in [1.29, 1.82) is 0 Å². The number of hydrogen-bond acceptors (Lipinski definition) is 5. The van der Waals surface area contributed by atoms with Gasteiger partial charge in [0.15, 0.2) is 0 Å². The highest BCUT2D eigenvalue weighted by Gasteiger charge is 2.26. The minimum absolute atomic E-state index is 0.00451. The molecule has 6 heteroatoms. The number of aromatic nitrogens is 2. The molecule has 1 aromatic rings. The summed E-state index contributed by atoms with van der Waals surface area (Å²) in [7, 11) is 1.66. The number of carbonyl (C=O) groups is 1. The highest BCUT2D eigenvalue weighted by atomic mass is 16.3. The van der Waals surface area contributed by atoms with Crippen molar-refractivity contribution in [2.75, 3.05) is 25.0 Å². The highest BCUT2D eigenvalue weighted by molar-refractivity contribution is 5.79. The van der Waals surface area contributed by atoms with Crippen molar-refractivity contribution in [3.8, 4) is 0 Å². The van der Waals surface area contributed by atoms with Gasteiger partial charge in [0.1, 0.15) is 0 Å². The third-order valence-electron chi connectivity index (χ3n) is 3.20. The molecule has 1 atom stereocenters. The largest absolute Gasteiger partial charge is 0.392 e. The highest BCUT2D eigenvalue weighted by Crippen LogP contribution is 2.20. The summed E-state index contributed by atoms with van der Waals surface area (Å²) in [5.74, 6) is 0.706. The molecule has 2 N–H and O–H groups in total. The van der Waals surface area contributed by atoms with Crippen LogP contribution in [0.25, 0.3) is 0 Å². The zero-order valence-electron chi connectivity index (χ0n) is 10.5. The molecule has 1 aliphatic rings. The van der Waals surface area contributed by atoms with E-state index in [0.717, 1.165) is 19.4 Å².